The third kappa shape index (κ3) is 7.25. The highest BCUT2D eigenvalue weighted by atomic mass is 32.1. The smallest absolute Gasteiger partial charge is 0.264 e. The highest BCUT2D eigenvalue weighted by molar-refractivity contribution is 7.12. The van der Waals surface area contributed by atoms with Crippen molar-refractivity contribution in [1.29, 1.82) is 0 Å². The number of thiophene rings is 1. The van der Waals surface area contributed by atoms with E-state index < -0.39 is 6.04 Å². The van der Waals surface area contributed by atoms with E-state index in [9.17, 15) is 14.0 Å². The summed E-state index contributed by atoms with van der Waals surface area (Å²) < 4.78 is 19.6. The van der Waals surface area contributed by atoms with Gasteiger partial charge in [0.2, 0.25) is 5.91 Å². The van der Waals surface area contributed by atoms with Gasteiger partial charge in [-0.25, -0.2) is 4.39 Å². The molecule has 5 rings (SSSR count). The van der Waals surface area contributed by atoms with Gasteiger partial charge < -0.3 is 20.7 Å². The molecule has 9 heteroatoms. The molecule has 2 aromatic rings. The van der Waals surface area contributed by atoms with Crippen LogP contribution in [0, 0.1) is 17.7 Å². The quantitative estimate of drug-likeness (QED) is 0.461. The zero-order valence-electron chi connectivity index (χ0n) is 22.6. The Morgan fingerprint density at radius 2 is 1.92 bits per heavy atom. The summed E-state index contributed by atoms with van der Waals surface area (Å²) in [5.74, 6) is 0.546. The lowest BCUT2D eigenvalue weighted by atomic mass is 9.81. The predicted octanol–water partition coefficient (Wildman–Crippen LogP) is 4.03. The van der Waals surface area contributed by atoms with Crippen molar-refractivity contribution in [3.05, 3.63) is 58.0 Å². The number of hydrogen-bond acceptors (Lipinski definition) is 6. The largest absolute Gasteiger partial charge is 0.377 e. The van der Waals surface area contributed by atoms with E-state index in [1.54, 1.807) is 4.90 Å². The van der Waals surface area contributed by atoms with Crippen molar-refractivity contribution in [2.45, 2.75) is 69.7 Å². The van der Waals surface area contributed by atoms with Gasteiger partial charge in [-0.1, -0.05) is 24.6 Å². The van der Waals surface area contributed by atoms with Gasteiger partial charge in [-0.15, -0.1) is 11.3 Å². The molecule has 0 bridgehead atoms. The van der Waals surface area contributed by atoms with E-state index >= 15 is 0 Å². The fraction of sp³-hybridized carbons (Fsp3) is 0.600. The molecule has 1 saturated carbocycles. The maximum Gasteiger partial charge on any atom is 0.264 e. The number of hydrogen-bond donors (Lipinski definition) is 2. The van der Waals surface area contributed by atoms with E-state index in [-0.39, 0.29) is 29.8 Å². The monoisotopic (exact) mass is 556 g/mol. The first-order chi connectivity index (χ1) is 19.0. The van der Waals surface area contributed by atoms with Crippen molar-refractivity contribution in [3.8, 4) is 0 Å². The van der Waals surface area contributed by atoms with Crippen molar-refractivity contribution >= 4 is 23.2 Å². The number of nitrogens with one attached hydrogen (secondary N) is 1. The van der Waals surface area contributed by atoms with E-state index in [1.807, 2.05) is 29.6 Å². The number of benzene rings is 1. The number of carbonyl (C=O) groups excluding carboxylic acids is 2. The topological polar surface area (TPSA) is 87.9 Å². The highest BCUT2D eigenvalue weighted by Gasteiger charge is 2.43. The van der Waals surface area contributed by atoms with Gasteiger partial charge in [-0.2, -0.15) is 0 Å². The summed E-state index contributed by atoms with van der Waals surface area (Å²) in [6.45, 7) is 3.91. The average molecular weight is 557 g/mol. The van der Waals surface area contributed by atoms with E-state index in [1.165, 1.54) is 29.9 Å². The normalized spacial score (nSPS) is 27.3. The minimum atomic E-state index is -0.529. The fourth-order valence-corrected chi connectivity index (χ4v) is 7.15. The third-order valence-electron chi connectivity index (χ3n) is 8.64. The Morgan fingerprint density at radius 3 is 2.64 bits per heavy atom. The third-order valence-corrected chi connectivity index (χ3v) is 9.50. The molecular formula is C30H41FN4O3S. The molecule has 3 heterocycles. The molecular weight excluding hydrogens is 515 g/mol. The SMILES string of the molecule is NCC1CCCC(CNC(=O)C2CC(N(Cc3ccc(F)cc3)CC3CCCO3)CN2C(=O)c2cccs2)C1. The predicted molar refractivity (Wildman–Crippen MR) is 151 cm³/mol. The van der Waals surface area contributed by atoms with Gasteiger partial charge in [0.1, 0.15) is 11.9 Å². The van der Waals surface area contributed by atoms with Crippen molar-refractivity contribution < 1.29 is 18.7 Å². The Labute approximate surface area is 234 Å². The standard InChI is InChI=1S/C30H41FN4O3S/c31-24-10-8-21(9-11-24)18-34(20-26-6-2-12-38-26)25-15-27(35(19-25)30(37)28-7-3-13-39-28)29(36)33-17-23-5-1-4-22(14-23)16-32/h3,7-11,13,22-23,25-27H,1-2,4-6,12,14-20,32H2,(H,33,36). The lowest BCUT2D eigenvalue weighted by Crippen LogP contribution is -2.47. The molecule has 0 radical (unpaired) electrons. The molecule has 3 aliphatic rings. The van der Waals surface area contributed by atoms with Crippen LogP contribution in [-0.2, 0) is 16.1 Å². The van der Waals surface area contributed by atoms with Gasteiger partial charge in [-0.3, -0.25) is 14.5 Å². The Kier molecular flexibility index (Phi) is 9.66. The van der Waals surface area contributed by atoms with Crippen molar-refractivity contribution in [2.75, 3.05) is 32.8 Å². The van der Waals surface area contributed by atoms with Gasteiger partial charge in [0.05, 0.1) is 11.0 Å². The van der Waals surface area contributed by atoms with Crippen LogP contribution in [0.25, 0.3) is 0 Å². The molecule has 1 aliphatic carbocycles. The summed E-state index contributed by atoms with van der Waals surface area (Å²) in [4.78, 5) is 31.9. The zero-order valence-corrected chi connectivity index (χ0v) is 23.4. The van der Waals surface area contributed by atoms with Crippen molar-refractivity contribution in [2.24, 2.45) is 17.6 Å². The fourth-order valence-electron chi connectivity index (χ4n) is 6.47. The van der Waals surface area contributed by atoms with E-state index in [0.717, 1.165) is 50.8 Å². The number of amides is 2. The highest BCUT2D eigenvalue weighted by Crippen LogP contribution is 2.30. The molecule has 5 atom stereocenters. The second-order valence-electron chi connectivity index (χ2n) is 11.4. The molecule has 0 spiro atoms. The van der Waals surface area contributed by atoms with Crippen LogP contribution >= 0.6 is 11.3 Å². The summed E-state index contributed by atoms with van der Waals surface area (Å²) >= 11 is 1.41. The molecule has 212 valence electrons. The number of nitrogens with two attached hydrogens (primary N) is 1. The first-order valence-corrected chi connectivity index (χ1v) is 15.3. The second-order valence-corrected chi connectivity index (χ2v) is 12.4. The minimum Gasteiger partial charge on any atom is -0.377 e. The maximum atomic E-state index is 13.6. The van der Waals surface area contributed by atoms with Crippen LogP contribution < -0.4 is 11.1 Å². The van der Waals surface area contributed by atoms with E-state index in [4.69, 9.17) is 10.5 Å². The van der Waals surface area contributed by atoms with Crippen LogP contribution in [0.2, 0.25) is 0 Å². The van der Waals surface area contributed by atoms with Gasteiger partial charge in [0, 0.05) is 38.8 Å². The van der Waals surface area contributed by atoms with Gasteiger partial charge in [-0.05, 0) is 86.0 Å². The van der Waals surface area contributed by atoms with Crippen molar-refractivity contribution in [1.82, 2.24) is 15.1 Å². The van der Waals surface area contributed by atoms with Crippen LogP contribution in [0.15, 0.2) is 41.8 Å². The lowest BCUT2D eigenvalue weighted by molar-refractivity contribution is -0.125. The lowest BCUT2D eigenvalue weighted by Gasteiger charge is -2.31. The Morgan fingerprint density at radius 1 is 1.10 bits per heavy atom. The van der Waals surface area contributed by atoms with Gasteiger partial charge >= 0.3 is 0 Å². The first kappa shape index (κ1) is 28.2. The molecule has 5 unspecified atom stereocenters. The first-order valence-electron chi connectivity index (χ1n) is 14.4. The number of carbonyl (C=O) groups is 2. The number of ether oxygens (including phenoxy) is 1. The molecule has 2 saturated heterocycles. The maximum absolute atomic E-state index is 13.6. The number of likely N-dealkylation sites (tertiary alicyclic amines) is 1. The van der Waals surface area contributed by atoms with E-state index in [0.29, 0.717) is 49.3 Å². The number of halogens is 1. The molecule has 3 fully saturated rings. The Balaban J connectivity index is 1.32. The average Bonchev–Trinajstić information content (AvgIpc) is 3.75. The summed E-state index contributed by atoms with van der Waals surface area (Å²) in [5.41, 5.74) is 6.93. The van der Waals surface area contributed by atoms with Gasteiger partial charge in [0.25, 0.3) is 5.91 Å². The molecule has 3 N–H and O–H groups in total. The second kappa shape index (κ2) is 13.4. The summed E-state index contributed by atoms with van der Waals surface area (Å²) in [5, 5.41) is 5.10. The Bertz CT molecular complexity index is 1080. The zero-order chi connectivity index (χ0) is 27.2. The molecule has 1 aromatic carbocycles. The number of rotatable bonds is 10. The molecule has 1 aromatic heterocycles. The van der Waals surface area contributed by atoms with E-state index in [2.05, 4.69) is 10.2 Å². The van der Waals surface area contributed by atoms with Crippen molar-refractivity contribution in [3.63, 3.8) is 0 Å². The molecule has 39 heavy (non-hydrogen) atoms. The minimum absolute atomic E-state index is 0.00443. The van der Waals surface area contributed by atoms with Gasteiger partial charge in [0.15, 0.2) is 0 Å². The van der Waals surface area contributed by atoms with Crippen LogP contribution in [0.3, 0.4) is 0 Å². The summed E-state index contributed by atoms with van der Waals surface area (Å²) in [7, 11) is 0. The van der Waals surface area contributed by atoms with Crippen LogP contribution in [0.4, 0.5) is 4.39 Å². The van der Waals surface area contributed by atoms with Crippen LogP contribution in [0.1, 0.15) is 60.2 Å². The van der Waals surface area contributed by atoms with Crippen LogP contribution in [0.5, 0.6) is 0 Å². The summed E-state index contributed by atoms with van der Waals surface area (Å²) in [6.07, 6.45) is 7.21. The molecule has 2 aliphatic heterocycles. The molecule has 7 nitrogen and oxygen atoms in total. The molecule has 2 amide bonds. The summed E-state index contributed by atoms with van der Waals surface area (Å²) in [6, 6.07) is 9.75. The Hall–Kier alpha value is -2.33. The van der Waals surface area contributed by atoms with Crippen LogP contribution in [-0.4, -0.2) is 72.6 Å². The number of nitrogens with zero attached hydrogens (tertiary/aromatic N) is 2.